The van der Waals surface area contributed by atoms with Crippen LogP contribution >= 0.6 is 0 Å². The van der Waals surface area contributed by atoms with Crippen LogP contribution in [0.2, 0.25) is 0 Å². The quantitative estimate of drug-likeness (QED) is 0.276. The van der Waals surface area contributed by atoms with Crippen LogP contribution in [0.1, 0.15) is 103 Å². The first-order valence-corrected chi connectivity index (χ1v) is 13.5. The molecule has 1 fully saturated rings. The molecule has 1 aromatic heterocycles. The van der Waals surface area contributed by atoms with Crippen LogP contribution in [0.25, 0.3) is 11.3 Å². The minimum Gasteiger partial charge on any atom is -0.494 e. The summed E-state index contributed by atoms with van der Waals surface area (Å²) in [7, 11) is 0. The fourth-order valence-electron chi connectivity index (χ4n) is 5.18. The second-order valence-electron chi connectivity index (χ2n) is 9.91. The first-order chi connectivity index (χ1) is 15.8. The molecule has 0 unspecified atom stereocenters. The highest BCUT2D eigenvalue weighted by Gasteiger charge is 2.20. The molecule has 32 heavy (non-hydrogen) atoms. The Bertz CT molecular complexity index is 728. The highest BCUT2D eigenvalue weighted by Crippen LogP contribution is 2.33. The summed E-state index contributed by atoms with van der Waals surface area (Å²) < 4.78 is 6.02. The summed E-state index contributed by atoms with van der Waals surface area (Å²) in [6, 6.07) is 12.9. The second kappa shape index (κ2) is 14.3. The molecule has 1 heterocycles. The average molecular weight is 436 g/mol. The van der Waals surface area contributed by atoms with Crippen molar-refractivity contribution < 1.29 is 4.74 Å². The molecule has 2 nitrogen and oxygen atoms in total. The van der Waals surface area contributed by atoms with E-state index >= 15 is 0 Å². The lowest BCUT2D eigenvalue weighted by Gasteiger charge is -2.28. The lowest BCUT2D eigenvalue weighted by molar-refractivity contribution is 0.230. The van der Waals surface area contributed by atoms with Crippen LogP contribution in [-0.4, -0.2) is 11.6 Å². The molecule has 2 aromatic rings. The van der Waals surface area contributed by atoms with Gasteiger partial charge < -0.3 is 4.74 Å². The van der Waals surface area contributed by atoms with Crippen LogP contribution in [0.4, 0.5) is 0 Å². The van der Waals surface area contributed by atoms with Crippen molar-refractivity contribution in [2.24, 2.45) is 11.8 Å². The van der Waals surface area contributed by atoms with Crippen LogP contribution in [0.3, 0.4) is 0 Å². The van der Waals surface area contributed by atoms with E-state index in [0.29, 0.717) is 0 Å². The van der Waals surface area contributed by atoms with Crippen molar-refractivity contribution in [3.63, 3.8) is 0 Å². The molecule has 3 rings (SSSR count). The fraction of sp³-hybridized carbons (Fsp3) is 0.633. The van der Waals surface area contributed by atoms with Gasteiger partial charge in [-0.3, -0.25) is 4.98 Å². The number of rotatable bonds is 14. The van der Waals surface area contributed by atoms with E-state index < -0.39 is 0 Å². The predicted molar refractivity (Wildman–Crippen MR) is 137 cm³/mol. The Morgan fingerprint density at radius 2 is 1.47 bits per heavy atom. The van der Waals surface area contributed by atoms with Crippen molar-refractivity contribution in [1.29, 1.82) is 0 Å². The first-order valence-electron chi connectivity index (χ1n) is 13.5. The number of ether oxygens (including phenoxy) is 1. The molecule has 2 heteroatoms. The van der Waals surface area contributed by atoms with E-state index in [1.807, 2.05) is 0 Å². The number of aryl methyl sites for hydroxylation is 1. The highest BCUT2D eigenvalue weighted by atomic mass is 16.5. The van der Waals surface area contributed by atoms with E-state index in [2.05, 4.69) is 56.4 Å². The number of aromatic nitrogens is 1. The summed E-state index contributed by atoms with van der Waals surface area (Å²) in [4.78, 5) is 4.70. The van der Waals surface area contributed by atoms with Gasteiger partial charge in [-0.05, 0) is 73.4 Å². The van der Waals surface area contributed by atoms with Gasteiger partial charge in [0.1, 0.15) is 5.75 Å². The van der Waals surface area contributed by atoms with E-state index in [0.717, 1.165) is 41.9 Å². The first kappa shape index (κ1) is 24.8. The average Bonchev–Trinajstić information content (AvgIpc) is 2.84. The van der Waals surface area contributed by atoms with E-state index in [9.17, 15) is 0 Å². The summed E-state index contributed by atoms with van der Waals surface area (Å²) in [5.41, 5.74) is 3.56. The van der Waals surface area contributed by atoms with Crippen LogP contribution in [0.15, 0.2) is 42.6 Å². The molecular weight excluding hydrogens is 390 g/mol. The third-order valence-electron chi connectivity index (χ3n) is 7.23. The van der Waals surface area contributed by atoms with Crippen molar-refractivity contribution in [3.05, 3.63) is 48.2 Å². The fourth-order valence-corrected chi connectivity index (χ4v) is 5.18. The number of hydrogen-bond donors (Lipinski definition) is 0. The van der Waals surface area contributed by atoms with Gasteiger partial charge in [-0.2, -0.15) is 0 Å². The molecule has 0 N–H and O–H groups in total. The zero-order valence-corrected chi connectivity index (χ0v) is 20.7. The Morgan fingerprint density at radius 3 is 2.12 bits per heavy atom. The van der Waals surface area contributed by atoms with Crippen molar-refractivity contribution >= 4 is 0 Å². The molecule has 0 atom stereocenters. The molecule has 1 saturated carbocycles. The molecule has 0 spiro atoms. The molecule has 1 aliphatic carbocycles. The monoisotopic (exact) mass is 435 g/mol. The SMILES string of the molecule is CCCCCCCc1ccc(-c2ccc(OCCCC3CCC(CCC)CC3)cc2)nc1. The van der Waals surface area contributed by atoms with Gasteiger partial charge in [0, 0.05) is 11.8 Å². The maximum absolute atomic E-state index is 6.02. The molecule has 1 aromatic carbocycles. The Hall–Kier alpha value is -1.83. The van der Waals surface area contributed by atoms with Crippen molar-refractivity contribution in [2.75, 3.05) is 6.61 Å². The summed E-state index contributed by atoms with van der Waals surface area (Å²) >= 11 is 0. The molecule has 176 valence electrons. The topological polar surface area (TPSA) is 22.1 Å². The van der Waals surface area contributed by atoms with E-state index in [4.69, 9.17) is 9.72 Å². The maximum Gasteiger partial charge on any atom is 0.119 e. The van der Waals surface area contributed by atoms with Gasteiger partial charge >= 0.3 is 0 Å². The summed E-state index contributed by atoms with van der Waals surface area (Å²) in [6.07, 6.45) is 20.9. The minimum absolute atomic E-state index is 0.833. The van der Waals surface area contributed by atoms with Crippen LogP contribution in [0, 0.1) is 11.8 Å². The van der Waals surface area contributed by atoms with Crippen molar-refractivity contribution in [3.8, 4) is 17.0 Å². The molecule has 0 amide bonds. The molecule has 0 saturated heterocycles. The Morgan fingerprint density at radius 1 is 0.750 bits per heavy atom. The Labute approximate surface area is 197 Å². The maximum atomic E-state index is 6.02. The summed E-state index contributed by atoms with van der Waals surface area (Å²) in [5.74, 6) is 2.91. The van der Waals surface area contributed by atoms with Gasteiger partial charge in [-0.1, -0.05) is 84.1 Å². The highest BCUT2D eigenvalue weighted by molar-refractivity contribution is 5.60. The molecule has 0 aliphatic heterocycles. The largest absolute Gasteiger partial charge is 0.494 e. The van der Waals surface area contributed by atoms with Gasteiger partial charge in [0.2, 0.25) is 0 Å². The van der Waals surface area contributed by atoms with Gasteiger partial charge in [-0.25, -0.2) is 0 Å². The molecular formula is C30H45NO. The Kier molecular flexibility index (Phi) is 11.1. The van der Waals surface area contributed by atoms with Crippen LogP contribution < -0.4 is 4.74 Å². The zero-order valence-electron chi connectivity index (χ0n) is 20.7. The summed E-state index contributed by atoms with van der Waals surface area (Å²) in [5, 5.41) is 0. The zero-order chi connectivity index (χ0) is 22.4. The molecule has 0 bridgehead atoms. The van der Waals surface area contributed by atoms with Gasteiger partial charge in [0.05, 0.1) is 12.3 Å². The smallest absolute Gasteiger partial charge is 0.119 e. The third kappa shape index (κ3) is 8.60. The molecule has 1 aliphatic rings. The van der Waals surface area contributed by atoms with Gasteiger partial charge in [0.25, 0.3) is 0 Å². The second-order valence-corrected chi connectivity index (χ2v) is 9.91. The normalized spacial score (nSPS) is 18.6. The lowest BCUT2D eigenvalue weighted by Crippen LogP contribution is -2.15. The van der Waals surface area contributed by atoms with Crippen molar-refractivity contribution in [1.82, 2.24) is 4.98 Å². The van der Waals surface area contributed by atoms with E-state index in [1.54, 1.807) is 0 Å². The third-order valence-corrected chi connectivity index (χ3v) is 7.23. The van der Waals surface area contributed by atoms with E-state index in [1.165, 1.54) is 89.0 Å². The van der Waals surface area contributed by atoms with Gasteiger partial charge in [-0.15, -0.1) is 0 Å². The Balaban J connectivity index is 1.34. The number of hydrogen-bond acceptors (Lipinski definition) is 2. The van der Waals surface area contributed by atoms with E-state index in [-0.39, 0.29) is 0 Å². The lowest BCUT2D eigenvalue weighted by atomic mass is 9.78. The number of unbranched alkanes of at least 4 members (excludes halogenated alkanes) is 4. The number of benzene rings is 1. The number of nitrogens with zero attached hydrogens (tertiary/aromatic N) is 1. The molecule has 0 radical (unpaired) electrons. The number of pyridine rings is 1. The standard InChI is InChI=1S/C30H45NO/c1-3-5-6-7-8-11-27-17-22-30(31-24-27)28-18-20-29(21-19-28)32-23-9-12-26-15-13-25(10-4-2)14-16-26/h17-22,24-26H,3-16,23H2,1-2H3. The minimum atomic E-state index is 0.833. The summed E-state index contributed by atoms with van der Waals surface area (Å²) in [6.45, 7) is 5.42. The van der Waals surface area contributed by atoms with Gasteiger partial charge in [0.15, 0.2) is 0 Å². The van der Waals surface area contributed by atoms with Crippen LogP contribution in [0.5, 0.6) is 5.75 Å². The predicted octanol–water partition coefficient (Wildman–Crippen LogP) is 9.03. The van der Waals surface area contributed by atoms with Crippen molar-refractivity contribution in [2.45, 2.75) is 104 Å². The van der Waals surface area contributed by atoms with Crippen LogP contribution in [-0.2, 0) is 6.42 Å².